The SMILES string of the molecule is Cc1oncc1C(=O)NCCCN=[N+]=[N-]. The molecule has 80 valence electrons. The first-order valence-corrected chi connectivity index (χ1v) is 4.46. The van der Waals surface area contributed by atoms with E-state index in [1.807, 2.05) is 0 Å². The van der Waals surface area contributed by atoms with Gasteiger partial charge in [-0.1, -0.05) is 10.3 Å². The maximum atomic E-state index is 11.4. The molecule has 0 unspecified atom stereocenters. The maximum absolute atomic E-state index is 11.4. The van der Waals surface area contributed by atoms with Crippen LogP contribution in [-0.4, -0.2) is 24.2 Å². The maximum Gasteiger partial charge on any atom is 0.256 e. The zero-order valence-corrected chi connectivity index (χ0v) is 8.30. The minimum absolute atomic E-state index is 0.227. The van der Waals surface area contributed by atoms with Crippen molar-refractivity contribution in [1.29, 1.82) is 0 Å². The molecule has 1 aromatic rings. The van der Waals surface area contributed by atoms with Crippen LogP contribution in [0.1, 0.15) is 22.5 Å². The van der Waals surface area contributed by atoms with Gasteiger partial charge in [-0.15, -0.1) is 0 Å². The normalized spacial score (nSPS) is 9.40. The molecule has 1 heterocycles. The van der Waals surface area contributed by atoms with Crippen LogP contribution in [0.3, 0.4) is 0 Å². The van der Waals surface area contributed by atoms with Crippen molar-refractivity contribution in [3.8, 4) is 0 Å². The molecule has 0 bridgehead atoms. The van der Waals surface area contributed by atoms with E-state index in [0.717, 1.165) is 0 Å². The lowest BCUT2D eigenvalue weighted by Crippen LogP contribution is -2.25. The number of hydrogen-bond donors (Lipinski definition) is 1. The molecule has 0 radical (unpaired) electrons. The number of amides is 1. The highest BCUT2D eigenvalue weighted by atomic mass is 16.5. The van der Waals surface area contributed by atoms with E-state index in [4.69, 9.17) is 10.1 Å². The molecule has 1 rings (SSSR count). The Balaban J connectivity index is 2.31. The monoisotopic (exact) mass is 209 g/mol. The molecule has 1 N–H and O–H groups in total. The van der Waals surface area contributed by atoms with Crippen LogP contribution in [0.5, 0.6) is 0 Å². The quantitative estimate of drug-likeness (QED) is 0.343. The van der Waals surface area contributed by atoms with E-state index in [2.05, 4.69) is 20.5 Å². The van der Waals surface area contributed by atoms with Gasteiger partial charge in [0.25, 0.3) is 5.91 Å². The highest BCUT2D eigenvalue weighted by Gasteiger charge is 2.11. The van der Waals surface area contributed by atoms with Crippen molar-refractivity contribution >= 4 is 5.91 Å². The van der Waals surface area contributed by atoms with Crippen molar-refractivity contribution in [2.45, 2.75) is 13.3 Å². The van der Waals surface area contributed by atoms with E-state index in [1.165, 1.54) is 6.20 Å². The Morgan fingerprint density at radius 1 is 1.80 bits per heavy atom. The Bertz CT molecular complexity index is 380. The third-order valence-electron chi connectivity index (χ3n) is 1.78. The van der Waals surface area contributed by atoms with E-state index >= 15 is 0 Å². The number of nitrogens with zero attached hydrogens (tertiary/aromatic N) is 4. The molecule has 0 aliphatic rings. The molecule has 0 aromatic carbocycles. The van der Waals surface area contributed by atoms with Crippen LogP contribution in [0.2, 0.25) is 0 Å². The van der Waals surface area contributed by atoms with E-state index in [1.54, 1.807) is 6.92 Å². The van der Waals surface area contributed by atoms with Gasteiger partial charge in [0, 0.05) is 18.0 Å². The van der Waals surface area contributed by atoms with Gasteiger partial charge in [0.1, 0.15) is 11.3 Å². The average Bonchev–Trinajstić information content (AvgIpc) is 2.64. The lowest BCUT2D eigenvalue weighted by Gasteiger charge is -2.01. The van der Waals surface area contributed by atoms with Crippen molar-refractivity contribution in [2.75, 3.05) is 13.1 Å². The molecule has 0 atom stereocenters. The van der Waals surface area contributed by atoms with E-state index < -0.39 is 0 Å². The van der Waals surface area contributed by atoms with Gasteiger partial charge in [-0.3, -0.25) is 4.79 Å². The zero-order chi connectivity index (χ0) is 11.1. The highest BCUT2D eigenvalue weighted by molar-refractivity contribution is 5.94. The zero-order valence-electron chi connectivity index (χ0n) is 8.30. The second-order valence-electron chi connectivity index (χ2n) is 2.86. The fourth-order valence-corrected chi connectivity index (χ4v) is 1.01. The average molecular weight is 209 g/mol. The number of rotatable bonds is 5. The lowest BCUT2D eigenvalue weighted by atomic mass is 10.2. The van der Waals surface area contributed by atoms with Crippen molar-refractivity contribution in [3.05, 3.63) is 28.0 Å². The third kappa shape index (κ3) is 3.32. The van der Waals surface area contributed by atoms with Crippen LogP contribution in [0.15, 0.2) is 15.8 Å². The van der Waals surface area contributed by atoms with Gasteiger partial charge in [0.2, 0.25) is 0 Å². The number of carbonyl (C=O) groups excluding carboxylic acids is 1. The molecular weight excluding hydrogens is 198 g/mol. The summed E-state index contributed by atoms with van der Waals surface area (Å²) < 4.78 is 4.75. The van der Waals surface area contributed by atoms with Crippen molar-refractivity contribution in [2.24, 2.45) is 5.11 Å². The molecule has 0 aliphatic heterocycles. The van der Waals surface area contributed by atoms with Gasteiger partial charge in [0.15, 0.2) is 0 Å². The van der Waals surface area contributed by atoms with Gasteiger partial charge >= 0.3 is 0 Å². The van der Waals surface area contributed by atoms with Crippen LogP contribution in [-0.2, 0) is 0 Å². The first-order chi connectivity index (χ1) is 7.25. The molecule has 15 heavy (non-hydrogen) atoms. The smallest absolute Gasteiger partial charge is 0.256 e. The predicted octanol–water partition coefficient (Wildman–Crippen LogP) is 1.41. The predicted molar refractivity (Wildman–Crippen MR) is 52.2 cm³/mol. The third-order valence-corrected chi connectivity index (χ3v) is 1.78. The van der Waals surface area contributed by atoms with Crippen molar-refractivity contribution < 1.29 is 9.32 Å². The summed E-state index contributed by atoms with van der Waals surface area (Å²) in [6.45, 7) is 2.50. The number of nitrogens with one attached hydrogen (secondary N) is 1. The Labute approximate surface area is 86.1 Å². The molecule has 1 aromatic heterocycles. The van der Waals surface area contributed by atoms with Crippen molar-refractivity contribution in [1.82, 2.24) is 10.5 Å². The summed E-state index contributed by atoms with van der Waals surface area (Å²) in [5.41, 5.74) is 8.44. The minimum Gasteiger partial charge on any atom is -0.361 e. The number of carbonyl (C=O) groups is 1. The summed E-state index contributed by atoms with van der Waals surface area (Å²) >= 11 is 0. The second kappa shape index (κ2) is 5.66. The van der Waals surface area contributed by atoms with E-state index in [0.29, 0.717) is 30.8 Å². The van der Waals surface area contributed by atoms with Gasteiger partial charge in [-0.25, -0.2) is 0 Å². The summed E-state index contributed by atoms with van der Waals surface area (Å²) in [6, 6.07) is 0. The fourth-order valence-electron chi connectivity index (χ4n) is 1.01. The summed E-state index contributed by atoms with van der Waals surface area (Å²) in [5, 5.41) is 9.51. The Morgan fingerprint density at radius 3 is 3.20 bits per heavy atom. The number of aryl methyl sites for hydroxylation is 1. The first-order valence-electron chi connectivity index (χ1n) is 4.46. The Kier molecular flexibility index (Phi) is 4.18. The summed E-state index contributed by atoms with van der Waals surface area (Å²) in [4.78, 5) is 14.0. The summed E-state index contributed by atoms with van der Waals surface area (Å²) in [7, 11) is 0. The van der Waals surface area contributed by atoms with E-state index in [-0.39, 0.29) is 5.91 Å². The van der Waals surface area contributed by atoms with Gasteiger partial charge in [0.05, 0.1) is 6.20 Å². The van der Waals surface area contributed by atoms with Gasteiger partial charge in [-0.2, -0.15) is 0 Å². The second-order valence-corrected chi connectivity index (χ2v) is 2.86. The van der Waals surface area contributed by atoms with Gasteiger partial charge in [-0.05, 0) is 18.9 Å². The molecule has 0 saturated heterocycles. The first kappa shape index (κ1) is 11.1. The highest BCUT2D eigenvalue weighted by Crippen LogP contribution is 2.04. The Morgan fingerprint density at radius 2 is 2.60 bits per heavy atom. The van der Waals surface area contributed by atoms with Gasteiger partial charge < -0.3 is 9.84 Å². The van der Waals surface area contributed by atoms with Crippen LogP contribution in [0.25, 0.3) is 10.4 Å². The molecule has 7 nitrogen and oxygen atoms in total. The van der Waals surface area contributed by atoms with Crippen LogP contribution >= 0.6 is 0 Å². The Hall–Kier alpha value is -2.01. The number of aromatic nitrogens is 1. The molecule has 0 spiro atoms. The number of azide groups is 1. The molecular formula is C8H11N5O2. The number of hydrogen-bond acceptors (Lipinski definition) is 4. The topological polar surface area (TPSA) is 104 Å². The van der Waals surface area contributed by atoms with Crippen LogP contribution in [0, 0.1) is 6.92 Å². The summed E-state index contributed by atoms with van der Waals surface area (Å²) in [6.07, 6.45) is 1.98. The molecule has 0 fully saturated rings. The molecule has 7 heteroatoms. The van der Waals surface area contributed by atoms with Crippen LogP contribution in [0.4, 0.5) is 0 Å². The van der Waals surface area contributed by atoms with Crippen LogP contribution < -0.4 is 5.32 Å². The summed E-state index contributed by atoms with van der Waals surface area (Å²) in [5.74, 6) is 0.261. The fraction of sp³-hybridized carbons (Fsp3) is 0.500. The largest absolute Gasteiger partial charge is 0.361 e. The molecule has 0 aliphatic carbocycles. The standard InChI is InChI=1S/C8H11N5O2/c1-6-7(5-12-15-6)8(14)10-3-2-4-11-13-9/h5H,2-4H2,1H3,(H,10,14). The lowest BCUT2D eigenvalue weighted by molar-refractivity contribution is 0.0952. The van der Waals surface area contributed by atoms with Crippen molar-refractivity contribution in [3.63, 3.8) is 0 Å². The van der Waals surface area contributed by atoms with E-state index in [9.17, 15) is 4.79 Å². The molecule has 1 amide bonds. The molecule has 0 saturated carbocycles. The minimum atomic E-state index is -0.227.